The van der Waals surface area contributed by atoms with E-state index in [2.05, 4.69) is 10.0 Å². The first-order valence-electron chi connectivity index (χ1n) is 5.34. The van der Waals surface area contributed by atoms with Crippen LogP contribution in [0.5, 0.6) is 0 Å². The maximum Gasteiger partial charge on any atom is 0.454 e. The first kappa shape index (κ1) is 14.8. The van der Waals surface area contributed by atoms with E-state index in [4.69, 9.17) is 5.53 Å². The van der Waals surface area contributed by atoms with E-state index in [1.54, 1.807) is 12.2 Å². The highest BCUT2D eigenvalue weighted by atomic mass is 19.4. The molecular formula is C12H10F3N3O. The maximum absolute atomic E-state index is 12.2. The highest BCUT2D eigenvalue weighted by Gasteiger charge is 2.38. The number of alkyl halides is 3. The minimum absolute atomic E-state index is 0.317. The van der Waals surface area contributed by atoms with E-state index in [1.807, 2.05) is 0 Å². The number of nitrogens with zero attached hydrogens (tertiary/aromatic N) is 3. The summed E-state index contributed by atoms with van der Waals surface area (Å²) in [5.74, 6) is -1.86. The zero-order chi connectivity index (χ0) is 14.3. The van der Waals surface area contributed by atoms with Crippen molar-refractivity contribution in [3.63, 3.8) is 0 Å². The van der Waals surface area contributed by atoms with Crippen molar-refractivity contribution in [1.29, 1.82) is 0 Å². The van der Waals surface area contributed by atoms with Gasteiger partial charge in [0.15, 0.2) is 0 Å². The third-order valence-electron chi connectivity index (χ3n) is 2.20. The molecule has 0 atom stereocenters. The number of Topliss-reactive ketones (excluding diaryl/α,β-unsaturated/α-hetero) is 1. The highest BCUT2D eigenvalue weighted by Crippen LogP contribution is 2.21. The molecule has 0 saturated carbocycles. The lowest BCUT2D eigenvalue weighted by molar-refractivity contribution is -0.0885. The number of rotatable bonds is 5. The molecule has 0 aliphatic rings. The Morgan fingerprint density at radius 2 is 1.95 bits per heavy atom. The van der Waals surface area contributed by atoms with Crippen LogP contribution in [0, 0.1) is 0 Å². The first-order chi connectivity index (χ1) is 8.95. The Labute approximate surface area is 107 Å². The van der Waals surface area contributed by atoms with E-state index in [9.17, 15) is 18.0 Å². The number of carbonyl (C=O) groups excluding carboxylic acids is 1. The summed E-state index contributed by atoms with van der Waals surface area (Å²) in [6, 6.07) is 5.10. The van der Waals surface area contributed by atoms with Crippen LogP contribution in [-0.4, -0.2) is 18.5 Å². The average Bonchev–Trinajstić information content (AvgIpc) is 2.37. The summed E-state index contributed by atoms with van der Waals surface area (Å²) in [6.07, 6.45) is -0.913. The lowest BCUT2D eigenvalue weighted by atomic mass is 10.1. The zero-order valence-electron chi connectivity index (χ0n) is 9.76. The molecular weight excluding hydrogens is 259 g/mol. The van der Waals surface area contributed by atoms with E-state index in [1.165, 1.54) is 12.1 Å². The third-order valence-corrected chi connectivity index (χ3v) is 2.20. The molecule has 1 aromatic carbocycles. The Kier molecular flexibility index (Phi) is 5.14. The predicted molar refractivity (Wildman–Crippen MR) is 64.5 cm³/mol. The van der Waals surface area contributed by atoms with Gasteiger partial charge in [-0.25, -0.2) is 0 Å². The lowest BCUT2D eigenvalue weighted by Gasteiger charge is -2.04. The van der Waals surface area contributed by atoms with Crippen molar-refractivity contribution >= 4 is 11.9 Å². The van der Waals surface area contributed by atoms with Crippen LogP contribution < -0.4 is 0 Å². The number of azide groups is 1. The van der Waals surface area contributed by atoms with E-state index < -0.39 is 17.5 Å². The number of halogens is 3. The van der Waals surface area contributed by atoms with Crippen molar-refractivity contribution in [3.05, 3.63) is 51.9 Å². The van der Waals surface area contributed by atoms with Crippen LogP contribution in [0.1, 0.15) is 22.3 Å². The van der Waals surface area contributed by atoms with Crippen molar-refractivity contribution in [2.45, 2.75) is 12.6 Å². The summed E-state index contributed by atoms with van der Waals surface area (Å²) < 4.78 is 36.5. The third kappa shape index (κ3) is 4.85. The van der Waals surface area contributed by atoms with Crippen molar-refractivity contribution in [1.82, 2.24) is 0 Å². The summed E-state index contributed by atoms with van der Waals surface area (Å²) >= 11 is 0. The molecule has 1 rings (SSSR count). The minimum Gasteiger partial charge on any atom is -0.284 e. The smallest absolute Gasteiger partial charge is 0.284 e. The summed E-state index contributed by atoms with van der Waals surface area (Å²) in [4.78, 5) is 13.5. The Bertz CT molecular complexity index is 514. The molecule has 0 heterocycles. The molecule has 0 amide bonds. The Morgan fingerprint density at radius 3 is 2.47 bits per heavy atom. The molecule has 0 radical (unpaired) electrons. The van der Waals surface area contributed by atoms with Gasteiger partial charge in [-0.15, -0.1) is 0 Å². The van der Waals surface area contributed by atoms with Crippen molar-refractivity contribution < 1.29 is 18.0 Å². The molecule has 7 heteroatoms. The number of benzene rings is 1. The molecule has 1 aromatic rings. The number of carbonyl (C=O) groups is 1. The SMILES string of the molecule is [N-]=[N+]=NCCC=Cc1ccc(C(=O)C(F)(F)F)cc1. The van der Waals surface area contributed by atoms with Gasteiger partial charge in [0.2, 0.25) is 0 Å². The summed E-state index contributed by atoms with van der Waals surface area (Å²) in [5.41, 5.74) is 8.32. The minimum atomic E-state index is -4.85. The highest BCUT2D eigenvalue weighted by molar-refractivity contribution is 6.00. The largest absolute Gasteiger partial charge is 0.454 e. The van der Waals surface area contributed by atoms with Gasteiger partial charge in [-0.2, -0.15) is 13.2 Å². The van der Waals surface area contributed by atoms with E-state index in [0.29, 0.717) is 18.5 Å². The molecule has 0 spiro atoms. The first-order valence-corrected chi connectivity index (χ1v) is 5.34. The van der Waals surface area contributed by atoms with Crippen LogP contribution in [0.25, 0.3) is 16.5 Å². The van der Waals surface area contributed by atoms with Gasteiger partial charge < -0.3 is 0 Å². The topological polar surface area (TPSA) is 65.8 Å². The summed E-state index contributed by atoms with van der Waals surface area (Å²) in [7, 11) is 0. The maximum atomic E-state index is 12.2. The summed E-state index contributed by atoms with van der Waals surface area (Å²) in [5, 5.41) is 3.33. The number of hydrogen-bond acceptors (Lipinski definition) is 2. The standard InChI is InChI=1S/C12H10F3N3O/c13-12(14,15)11(19)10-6-4-9(5-7-10)3-1-2-8-17-18-16/h1,3-7H,2,8H2. The Morgan fingerprint density at radius 1 is 1.32 bits per heavy atom. The van der Waals surface area contributed by atoms with Crippen molar-refractivity contribution in [2.75, 3.05) is 6.54 Å². The molecule has 0 fully saturated rings. The lowest BCUT2D eigenvalue weighted by Crippen LogP contribution is -2.22. The Balaban J connectivity index is 2.66. The molecule has 19 heavy (non-hydrogen) atoms. The second kappa shape index (κ2) is 6.61. The van der Waals surface area contributed by atoms with Gasteiger partial charge in [-0.1, -0.05) is 41.5 Å². The fraction of sp³-hybridized carbons (Fsp3) is 0.250. The van der Waals surface area contributed by atoms with Crippen LogP contribution in [-0.2, 0) is 0 Å². The molecule has 0 aliphatic heterocycles. The van der Waals surface area contributed by atoms with Crippen LogP contribution in [0.4, 0.5) is 13.2 Å². The molecule has 0 aliphatic carbocycles. The molecule has 0 N–H and O–H groups in total. The van der Waals surface area contributed by atoms with Crippen LogP contribution in [0.2, 0.25) is 0 Å². The second-order valence-corrected chi connectivity index (χ2v) is 3.59. The molecule has 4 nitrogen and oxygen atoms in total. The van der Waals surface area contributed by atoms with Gasteiger partial charge in [0.05, 0.1) is 0 Å². The molecule has 0 bridgehead atoms. The average molecular weight is 269 g/mol. The number of ketones is 1. The van der Waals surface area contributed by atoms with Gasteiger partial charge in [-0.3, -0.25) is 4.79 Å². The van der Waals surface area contributed by atoms with Crippen LogP contribution >= 0.6 is 0 Å². The van der Waals surface area contributed by atoms with Gasteiger partial charge in [0, 0.05) is 17.0 Å². The van der Waals surface area contributed by atoms with Gasteiger partial charge >= 0.3 is 6.18 Å². The number of hydrogen-bond donors (Lipinski definition) is 0. The fourth-order valence-corrected chi connectivity index (χ4v) is 1.31. The van der Waals surface area contributed by atoms with Gasteiger partial charge in [0.1, 0.15) is 0 Å². The molecule has 100 valence electrons. The molecule has 0 saturated heterocycles. The normalized spacial score (nSPS) is 11.3. The quantitative estimate of drug-likeness (QED) is 0.260. The van der Waals surface area contributed by atoms with Gasteiger partial charge in [0.25, 0.3) is 5.78 Å². The molecule has 0 aromatic heterocycles. The van der Waals surface area contributed by atoms with Crippen molar-refractivity contribution in [2.24, 2.45) is 5.11 Å². The van der Waals surface area contributed by atoms with E-state index >= 15 is 0 Å². The van der Waals surface area contributed by atoms with E-state index in [0.717, 1.165) is 12.1 Å². The Hall–Kier alpha value is -2.27. The second-order valence-electron chi connectivity index (χ2n) is 3.59. The summed E-state index contributed by atoms with van der Waals surface area (Å²) in [6.45, 7) is 0.317. The van der Waals surface area contributed by atoms with E-state index in [-0.39, 0.29) is 0 Å². The van der Waals surface area contributed by atoms with Crippen LogP contribution in [0.3, 0.4) is 0 Å². The monoisotopic (exact) mass is 269 g/mol. The van der Waals surface area contributed by atoms with Crippen molar-refractivity contribution in [3.8, 4) is 0 Å². The fourth-order valence-electron chi connectivity index (χ4n) is 1.31. The van der Waals surface area contributed by atoms with Gasteiger partial charge in [-0.05, 0) is 17.5 Å². The zero-order valence-corrected chi connectivity index (χ0v) is 9.76. The van der Waals surface area contributed by atoms with Crippen LogP contribution in [0.15, 0.2) is 35.5 Å². The predicted octanol–water partition coefficient (Wildman–Crippen LogP) is 4.15. The molecule has 0 unspecified atom stereocenters.